The average Bonchev–Trinajstić information content (AvgIpc) is 2.52. The van der Waals surface area contributed by atoms with E-state index in [-0.39, 0.29) is 5.91 Å². The fourth-order valence-corrected chi connectivity index (χ4v) is 1.89. The molecule has 0 aliphatic carbocycles. The van der Waals surface area contributed by atoms with Crippen molar-refractivity contribution in [3.8, 4) is 11.8 Å². The standard InChI is InChI=1S/C17H16N2O2/c1-13(20)19-17(11-18)15-7-9-16(10-8-15)21-12-14-5-3-2-4-6-14/h2-10,17H,12H2,1H3,(H,19,20). The van der Waals surface area contributed by atoms with Crippen molar-refractivity contribution >= 4 is 5.91 Å². The first-order valence-electron chi connectivity index (χ1n) is 6.62. The van der Waals surface area contributed by atoms with Crippen LogP contribution in [0.3, 0.4) is 0 Å². The molecule has 0 fully saturated rings. The number of nitriles is 1. The summed E-state index contributed by atoms with van der Waals surface area (Å²) in [5, 5.41) is 11.6. The lowest BCUT2D eigenvalue weighted by molar-refractivity contribution is -0.119. The van der Waals surface area contributed by atoms with Crippen molar-refractivity contribution < 1.29 is 9.53 Å². The van der Waals surface area contributed by atoms with E-state index in [4.69, 9.17) is 10.00 Å². The van der Waals surface area contributed by atoms with Gasteiger partial charge in [0.05, 0.1) is 6.07 Å². The first-order valence-corrected chi connectivity index (χ1v) is 6.62. The number of carbonyl (C=O) groups excluding carboxylic acids is 1. The third-order valence-electron chi connectivity index (χ3n) is 2.94. The molecule has 106 valence electrons. The number of rotatable bonds is 5. The van der Waals surface area contributed by atoms with E-state index in [1.165, 1.54) is 6.92 Å². The monoisotopic (exact) mass is 280 g/mol. The molecule has 2 aromatic rings. The normalized spacial score (nSPS) is 11.2. The fourth-order valence-electron chi connectivity index (χ4n) is 1.89. The molecule has 4 nitrogen and oxygen atoms in total. The minimum absolute atomic E-state index is 0.231. The predicted octanol–water partition coefficient (Wildman–Crippen LogP) is 2.97. The van der Waals surface area contributed by atoms with Crippen molar-refractivity contribution in [2.45, 2.75) is 19.6 Å². The largest absolute Gasteiger partial charge is 0.489 e. The van der Waals surface area contributed by atoms with E-state index in [0.717, 1.165) is 16.9 Å². The lowest BCUT2D eigenvalue weighted by atomic mass is 10.1. The molecule has 1 N–H and O–H groups in total. The van der Waals surface area contributed by atoms with Gasteiger partial charge in [0.25, 0.3) is 0 Å². The highest BCUT2D eigenvalue weighted by molar-refractivity contribution is 5.73. The van der Waals surface area contributed by atoms with Crippen molar-refractivity contribution in [2.24, 2.45) is 0 Å². The Hall–Kier alpha value is -2.80. The number of hydrogen-bond donors (Lipinski definition) is 1. The molecule has 0 heterocycles. The van der Waals surface area contributed by atoms with Crippen LogP contribution >= 0.6 is 0 Å². The molecule has 0 saturated carbocycles. The molecule has 1 unspecified atom stereocenters. The van der Waals surface area contributed by atoms with E-state index in [2.05, 4.69) is 11.4 Å². The molecule has 4 heteroatoms. The zero-order valence-electron chi connectivity index (χ0n) is 11.7. The van der Waals surface area contributed by atoms with Crippen LogP contribution in [0.1, 0.15) is 24.1 Å². The molecule has 0 aliphatic heterocycles. The summed E-state index contributed by atoms with van der Waals surface area (Å²) in [5.41, 5.74) is 1.83. The smallest absolute Gasteiger partial charge is 0.218 e. The molecule has 0 spiro atoms. The highest BCUT2D eigenvalue weighted by Gasteiger charge is 2.11. The molecule has 1 amide bonds. The van der Waals surface area contributed by atoms with E-state index < -0.39 is 6.04 Å². The number of amides is 1. The number of carbonyl (C=O) groups is 1. The Labute approximate surface area is 124 Å². The lowest BCUT2D eigenvalue weighted by Crippen LogP contribution is -2.24. The molecular formula is C17H16N2O2. The number of nitrogens with one attached hydrogen (secondary N) is 1. The summed E-state index contributed by atoms with van der Waals surface area (Å²) in [6, 6.07) is 18.5. The van der Waals surface area contributed by atoms with E-state index in [9.17, 15) is 4.79 Å². The molecular weight excluding hydrogens is 264 g/mol. The summed E-state index contributed by atoms with van der Waals surface area (Å²) in [5.74, 6) is 0.494. The van der Waals surface area contributed by atoms with Crippen LogP contribution in [0.2, 0.25) is 0 Å². The van der Waals surface area contributed by atoms with Crippen LogP contribution in [-0.4, -0.2) is 5.91 Å². The number of ether oxygens (including phenoxy) is 1. The van der Waals surface area contributed by atoms with Gasteiger partial charge in [-0.15, -0.1) is 0 Å². The van der Waals surface area contributed by atoms with Gasteiger partial charge in [-0.2, -0.15) is 5.26 Å². The Morgan fingerprint density at radius 1 is 1.19 bits per heavy atom. The summed E-state index contributed by atoms with van der Waals surface area (Å²) in [4.78, 5) is 11.0. The van der Waals surface area contributed by atoms with Crippen LogP contribution in [0, 0.1) is 11.3 Å². The summed E-state index contributed by atoms with van der Waals surface area (Å²) in [6.45, 7) is 1.88. The summed E-state index contributed by atoms with van der Waals surface area (Å²) < 4.78 is 5.67. The zero-order valence-corrected chi connectivity index (χ0v) is 11.7. The molecule has 0 aromatic heterocycles. The Kier molecular flexibility index (Phi) is 4.94. The van der Waals surface area contributed by atoms with Gasteiger partial charge in [-0.25, -0.2) is 0 Å². The van der Waals surface area contributed by atoms with Crippen molar-refractivity contribution in [3.05, 3.63) is 65.7 Å². The van der Waals surface area contributed by atoms with Crippen LogP contribution in [0.25, 0.3) is 0 Å². The molecule has 0 aliphatic rings. The van der Waals surface area contributed by atoms with Gasteiger partial charge in [0.1, 0.15) is 18.4 Å². The van der Waals surface area contributed by atoms with Crippen molar-refractivity contribution in [3.63, 3.8) is 0 Å². The van der Waals surface area contributed by atoms with Gasteiger partial charge in [0.2, 0.25) is 5.91 Å². The van der Waals surface area contributed by atoms with Gasteiger partial charge in [-0.05, 0) is 23.3 Å². The summed E-state index contributed by atoms with van der Waals surface area (Å²) >= 11 is 0. The van der Waals surface area contributed by atoms with Crippen molar-refractivity contribution in [2.75, 3.05) is 0 Å². The quantitative estimate of drug-likeness (QED) is 0.915. The number of hydrogen-bond acceptors (Lipinski definition) is 3. The SMILES string of the molecule is CC(=O)NC(C#N)c1ccc(OCc2ccccc2)cc1. The maximum Gasteiger partial charge on any atom is 0.218 e. The van der Waals surface area contributed by atoms with Gasteiger partial charge >= 0.3 is 0 Å². The number of benzene rings is 2. The maximum atomic E-state index is 11.0. The van der Waals surface area contributed by atoms with Gasteiger partial charge in [0.15, 0.2) is 0 Å². The second kappa shape index (κ2) is 7.11. The van der Waals surface area contributed by atoms with Crippen molar-refractivity contribution in [1.82, 2.24) is 5.32 Å². The lowest BCUT2D eigenvalue weighted by Gasteiger charge is -2.11. The Bertz CT molecular complexity index is 630. The van der Waals surface area contributed by atoms with E-state index in [0.29, 0.717) is 6.61 Å². The predicted molar refractivity (Wildman–Crippen MR) is 79.4 cm³/mol. The second-order valence-electron chi connectivity index (χ2n) is 4.61. The Morgan fingerprint density at radius 2 is 1.86 bits per heavy atom. The molecule has 2 aromatic carbocycles. The van der Waals surface area contributed by atoms with Gasteiger partial charge < -0.3 is 10.1 Å². The topological polar surface area (TPSA) is 62.1 Å². The van der Waals surface area contributed by atoms with Crippen LogP contribution in [-0.2, 0) is 11.4 Å². The molecule has 0 radical (unpaired) electrons. The fraction of sp³-hybridized carbons (Fsp3) is 0.176. The Morgan fingerprint density at radius 3 is 2.43 bits per heavy atom. The van der Waals surface area contributed by atoms with E-state index in [1.54, 1.807) is 24.3 Å². The van der Waals surface area contributed by atoms with E-state index >= 15 is 0 Å². The highest BCUT2D eigenvalue weighted by Crippen LogP contribution is 2.18. The van der Waals surface area contributed by atoms with Crippen LogP contribution in [0.15, 0.2) is 54.6 Å². The third-order valence-corrected chi connectivity index (χ3v) is 2.94. The first kappa shape index (κ1) is 14.6. The molecule has 1 atom stereocenters. The van der Waals surface area contributed by atoms with Crippen LogP contribution in [0.5, 0.6) is 5.75 Å². The minimum Gasteiger partial charge on any atom is -0.489 e. The van der Waals surface area contributed by atoms with Crippen LogP contribution < -0.4 is 10.1 Å². The van der Waals surface area contributed by atoms with E-state index in [1.807, 2.05) is 30.3 Å². The van der Waals surface area contributed by atoms with Gasteiger partial charge in [0, 0.05) is 6.92 Å². The second-order valence-corrected chi connectivity index (χ2v) is 4.61. The zero-order chi connectivity index (χ0) is 15.1. The Balaban J connectivity index is 1.98. The third kappa shape index (κ3) is 4.36. The summed E-state index contributed by atoms with van der Waals surface area (Å²) in [6.07, 6.45) is 0. The van der Waals surface area contributed by atoms with Gasteiger partial charge in [-0.1, -0.05) is 42.5 Å². The first-order chi connectivity index (χ1) is 10.2. The summed E-state index contributed by atoms with van der Waals surface area (Å²) in [7, 11) is 0. The maximum absolute atomic E-state index is 11.0. The molecule has 0 saturated heterocycles. The van der Waals surface area contributed by atoms with Crippen molar-refractivity contribution in [1.29, 1.82) is 5.26 Å². The highest BCUT2D eigenvalue weighted by atomic mass is 16.5. The molecule has 0 bridgehead atoms. The molecule has 21 heavy (non-hydrogen) atoms. The van der Waals surface area contributed by atoms with Gasteiger partial charge in [-0.3, -0.25) is 4.79 Å². The van der Waals surface area contributed by atoms with Crippen LogP contribution in [0.4, 0.5) is 0 Å². The minimum atomic E-state index is -0.634. The number of nitrogens with zero attached hydrogens (tertiary/aromatic N) is 1. The average molecular weight is 280 g/mol. The molecule has 2 rings (SSSR count).